The van der Waals surface area contributed by atoms with E-state index < -0.39 is 76.6 Å². The van der Waals surface area contributed by atoms with Crippen LogP contribution in [0.25, 0.3) is 0 Å². The Morgan fingerprint density at radius 3 is 2.16 bits per heavy atom. The zero-order chi connectivity index (χ0) is 23.5. The number of rotatable bonds is 8. The molecular formula is C18H26N2O11. The van der Waals surface area contributed by atoms with Crippen LogP contribution < -0.4 is 0 Å². The first-order valence-corrected chi connectivity index (χ1v) is 9.53. The molecule has 1 aliphatic heterocycles. The molecule has 13 nitrogen and oxygen atoms in total. The number of hydrogen-bond donors (Lipinski definition) is 4. The quantitative estimate of drug-likeness (QED) is 0.224. The summed E-state index contributed by atoms with van der Waals surface area (Å²) in [5, 5.41) is 52.1. The third-order valence-electron chi connectivity index (χ3n) is 5.13. The normalized spacial score (nSPS) is 25.8. The molecule has 0 bridgehead atoms. The number of methoxy groups -OCH3 is 2. The molecule has 0 spiro atoms. The summed E-state index contributed by atoms with van der Waals surface area (Å²) in [6, 6.07) is 0. The van der Waals surface area contributed by atoms with E-state index in [0.29, 0.717) is 12.8 Å². The predicted molar refractivity (Wildman–Crippen MR) is 101 cm³/mol. The maximum atomic E-state index is 12.6. The Morgan fingerprint density at radius 2 is 1.68 bits per heavy atom. The van der Waals surface area contributed by atoms with E-state index in [1.165, 1.54) is 0 Å². The number of ether oxygens (including phenoxy) is 3. The number of aliphatic hydroxyl groups excluding tert-OH is 4. The van der Waals surface area contributed by atoms with Gasteiger partial charge in [-0.25, -0.2) is 9.59 Å². The molecule has 0 aliphatic carbocycles. The Hall–Kier alpha value is -2.58. The molecule has 174 valence electrons. The van der Waals surface area contributed by atoms with E-state index in [2.05, 4.69) is 4.74 Å². The third kappa shape index (κ3) is 4.41. The molecule has 1 fully saturated rings. The van der Waals surface area contributed by atoms with Gasteiger partial charge in [0.1, 0.15) is 36.2 Å². The lowest BCUT2D eigenvalue weighted by molar-refractivity contribution is -0.387. The van der Waals surface area contributed by atoms with Crippen LogP contribution in [0.3, 0.4) is 0 Å². The Bertz CT molecular complexity index is 835. The number of carbonyl (C=O) groups is 2. The topological polar surface area (TPSA) is 191 Å². The summed E-state index contributed by atoms with van der Waals surface area (Å²) in [5.74, 6) is -2.16. The Balaban J connectivity index is 2.89. The van der Waals surface area contributed by atoms with Gasteiger partial charge in [0.25, 0.3) is 0 Å². The van der Waals surface area contributed by atoms with Crippen LogP contribution in [0, 0.1) is 10.1 Å². The minimum atomic E-state index is -1.92. The van der Waals surface area contributed by atoms with Crippen molar-refractivity contribution < 1.29 is 49.1 Å². The monoisotopic (exact) mass is 446 g/mol. The lowest BCUT2D eigenvalue weighted by Gasteiger charge is -2.39. The standard InChI is InChI=1S/C18H26N2O11/c1-4-5-6-19-11(17(25)29-2)9(10(20(27)28)12(19)18(26)30-3)16-15(24)14(23)13(22)8(7-21)31-16/h8,13-16,21-24H,4-7H2,1-3H3. The van der Waals surface area contributed by atoms with Gasteiger partial charge in [-0.05, 0) is 6.42 Å². The van der Waals surface area contributed by atoms with Gasteiger partial charge in [0.2, 0.25) is 5.69 Å². The molecule has 2 heterocycles. The Labute approximate surface area is 176 Å². The molecule has 0 radical (unpaired) electrons. The van der Waals surface area contributed by atoms with Crippen LogP contribution in [0.2, 0.25) is 0 Å². The number of aromatic nitrogens is 1. The maximum Gasteiger partial charge on any atom is 0.361 e. The van der Waals surface area contributed by atoms with Crippen molar-refractivity contribution in [3.8, 4) is 0 Å². The van der Waals surface area contributed by atoms with E-state index in [0.717, 1.165) is 18.8 Å². The first-order chi connectivity index (χ1) is 14.7. The third-order valence-corrected chi connectivity index (χ3v) is 5.13. The van der Waals surface area contributed by atoms with Crippen molar-refractivity contribution in [2.24, 2.45) is 0 Å². The summed E-state index contributed by atoms with van der Waals surface area (Å²) in [6.45, 7) is 1.04. The minimum Gasteiger partial charge on any atom is -0.464 e. The van der Waals surface area contributed by atoms with Crippen LogP contribution >= 0.6 is 0 Å². The highest BCUT2D eigenvalue weighted by molar-refractivity contribution is 5.99. The minimum absolute atomic E-state index is 0.00360. The van der Waals surface area contributed by atoms with Gasteiger partial charge >= 0.3 is 17.6 Å². The van der Waals surface area contributed by atoms with Crippen LogP contribution in [0.5, 0.6) is 0 Å². The second-order valence-corrected chi connectivity index (χ2v) is 6.95. The van der Waals surface area contributed by atoms with Gasteiger partial charge in [0, 0.05) is 6.54 Å². The molecule has 0 saturated carbocycles. The summed E-state index contributed by atoms with van der Waals surface area (Å²) in [5.41, 5.74) is -2.39. The van der Waals surface area contributed by atoms with Crippen molar-refractivity contribution in [3.63, 3.8) is 0 Å². The van der Waals surface area contributed by atoms with Crippen molar-refractivity contribution >= 4 is 17.6 Å². The molecule has 5 atom stereocenters. The average molecular weight is 446 g/mol. The molecule has 1 aliphatic rings. The van der Waals surface area contributed by atoms with E-state index in [-0.39, 0.29) is 6.54 Å². The molecule has 1 saturated heterocycles. The number of esters is 2. The van der Waals surface area contributed by atoms with Crippen molar-refractivity contribution in [1.29, 1.82) is 0 Å². The first kappa shape index (κ1) is 24.7. The number of nitro groups is 1. The van der Waals surface area contributed by atoms with Gasteiger partial charge in [0.15, 0.2) is 0 Å². The molecule has 1 aromatic heterocycles. The smallest absolute Gasteiger partial charge is 0.361 e. The number of nitrogens with zero attached hydrogens (tertiary/aromatic N) is 2. The van der Waals surface area contributed by atoms with Crippen molar-refractivity contribution in [2.45, 2.75) is 56.8 Å². The van der Waals surface area contributed by atoms with Crippen LogP contribution in [-0.4, -0.2) is 87.1 Å². The van der Waals surface area contributed by atoms with E-state index in [9.17, 15) is 40.1 Å². The molecule has 5 unspecified atom stereocenters. The van der Waals surface area contributed by atoms with Gasteiger partial charge in [-0.2, -0.15) is 0 Å². The highest BCUT2D eigenvalue weighted by Crippen LogP contribution is 2.43. The Morgan fingerprint density at radius 1 is 1.10 bits per heavy atom. The fourth-order valence-corrected chi connectivity index (χ4v) is 3.58. The maximum absolute atomic E-state index is 12.6. The van der Waals surface area contributed by atoms with Crippen LogP contribution in [0.1, 0.15) is 52.4 Å². The fourth-order valence-electron chi connectivity index (χ4n) is 3.58. The number of hydrogen-bond acceptors (Lipinski definition) is 11. The predicted octanol–water partition coefficient (Wildman–Crippen LogP) is -0.716. The fraction of sp³-hybridized carbons (Fsp3) is 0.667. The second-order valence-electron chi connectivity index (χ2n) is 6.95. The molecule has 1 aromatic rings. The van der Waals surface area contributed by atoms with Crippen LogP contribution in [0.15, 0.2) is 0 Å². The van der Waals surface area contributed by atoms with Crippen molar-refractivity contribution in [2.75, 3.05) is 20.8 Å². The highest BCUT2D eigenvalue weighted by atomic mass is 16.6. The molecule has 13 heteroatoms. The molecule has 31 heavy (non-hydrogen) atoms. The van der Waals surface area contributed by atoms with Gasteiger partial charge in [0.05, 0.1) is 31.3 Å². The summed E-state index contributed by atoms with van der Waals surface area (Å²) in [6.07, 6.45) is -7.60. The Kier molecular flexibility index (Phi) is 8.08. The highest BCUT2D eigenvalue weighted by Gasteiger charge is 2.50. The molecule has 0 amide bonds. The summed E-state index contributed by atoms with van der Waals surface area (Å²) in [7, 11) is 2.04. The van der Waals surface area contributed by atoms with E-state index in [1.807, 2.05) is 6.92 Å². The van der Waals surface area contributed by atoms with E-state index >= 15 is 0 Å². The summed E-state index contributed by atoms with van der Waals surface area (Å²) >= 11 is 0. The van der Waals surface area contributed by atoms with Crippen LogP contribution in [-0.2, 0) is 20.8 Å². The van der Waals surface area contributed by atoms with E-state index in [4.69, 9.17) is 9.47 Å². The first-order valence-electron chi connectivity index (χ1n) is 9.53. The average Bonchev–Trinajstić information content (AvgIpc) is 3.10. The summed E-state index contributed by atoms with van der Waals surface area (Å²) < 4.78 is 15.9. The van der Waals surface area contributed by atoms with Crippen molar-refractivity contribution in [1.82, 2.24) is 4.57 Å². The number of unbranched alkanes of at least 4 members (excludes halogenated alkanes) is 1. The lowest BCUT2D eigenvalue weighted by atomic mass is 9.90. The molecular weight excluding hydrogens is 420 g/mol. The van der Waals surface area contributed by atoms with Gasteiger partial charge in [-0.1, -0.05) is 13.3 Å². The molecule has 0 aromatic carbocycles. The molecule has 4 N–H and O–H groups in total. The second kappa shape index (κ2) is 10.2. The zero-order valence-corrected chi connectivity index (χ0v) is 17.3. The van der Waals surface area contributed by atoms with Gasteiger partial charge in [-0.3, -0.25) is 10.1 Å². The van der Waals surface area contributed by atoms with Crippen molar-refractivity contribution in [3.05, 3.63) is 27.1 Å². The summed E-state index contributed by atoms with van der Waals surface area (Å²) in [4.78, 5) is 36.2. The lowest BCUT2D eigenvalue weighted by Crippen LogP contribution is -2.55. The van der Waals surface area contributed by atoms with Gasteiger partial charge in [-0.15, -0.1) is 0 Å². The van der Waals surface area contributed by atoms with Gasteiger partial charge < -0.3 is 39.2 Å². The number of carbonyl (C=O) groups excluding carboxylic acids is 2. The zero-order valence-electron chi connectivity index (χ0n) is 17.3. The molecule has 2 rings (SSSR count). The van der Waals surface area contributed by atoms with Crippen LogP contribution in [0.4, 0.5) is 5.69 Å². The van der Waals surface area contributed by atoms with E-state index in [1.54, 1.807) is 0 Å². The number of aliphatic hydroxyl groups is 4. The largest absolute Gasteiger partial charge is 0.464 e. The SMILES string of the molecule is CCCCn1c(C(=O)OC)c(C2OC(CO)C(O)C(O)C2O)c([N+](=O)[O-])c1C(=O)OC.